The maximum atomic E-state index is 2.30. The van der Waals surface area contributed by atoms with Gasteiger partial charge in [0.25, 0.3) is 0 Å². The number of rotatable bonds is 0. The average molecular weight is 244 g/mol. The van der Waals surface area contributed by atoms with E-state index in [0.717, 1.165) is 0 Å². The van der Waals surface area contributed by atoms with E-state index in [1.165, 1.54) is 10.0 Å². The van der Waals surface area contributed by atoms with Gasteiger partial charge < -0.3 is 0 Å². The Labute approximate surface area is 71.0 Å². The summed E-state index contributed by atoms with van der Waals surface area (Å²) in [4.78, 5) is 0. The zero-order chi connectivity index (χ0) is 6.81. The van der Waals surface area contributed by atoms with E-state index >= 15 is 0 Å². The molecule has 2 rings (SSSR count). The normalized spacial score (nSPS) is 14.8. The minimum absolute atomic E-state index is 0.143. The van der Waals surface area contributed by atoms with Crippen molar-refractivity contribution in [3.8, 4) is 0 Å². The summed E-state index contributed by atoms with van der Waals surface area (Å²) in [7, 11) is 0. The van der Waals surface area contributed by atoms with Gasteiger partial charge in [0, 0.05) is 0 Å². The van der Waals surface area contributed by atoms with Crippen LogP contribution in [0.2, 0.25) is 4.47 Å². The molecule has 0 radical (unpaired) electrons. The van der Waals surface area contributed by atoms with Gasteiger partial charge in [0.1, 0.15) is 0 Å². The van der Waals surface area contributed by atoms with Crippen molar-refractivity contribution in [2.75, 3.05) is 0 Å². The first-order chi connectivity index (χ1) is 4.97. The Morgan fingerprint density at radius 1 is 1.20 bits per heavy atom. The monoisotopic (exact) mass is 246 g/mol. The summed E-state index contributed by atoms with van der Waals surface area (Å²) >= 11 is 0.143. The van der Waals surface area contributed by atoms with Crippen LogP contribution in [0, 0.1) is 0 Å². The summed E-state index contributed by atoms with van der Waals surface area (Å²) in [6, 6.07) is 8.72. The molecule has 0 bridgehead atoms. The van der Waals surface area contributed by atoms with Gasteiger partial charge in [-0.1, -0.05) is 0 Å². The summed E-state index contributed by atoms with van der Waals surface area (Å²) in [6.45, 7) is 0. The number of hydrogen-bond acceptors (Lipinski definition) is 0. The van der Waals surface area contributed by atoms with Crippen molar-refractivity contribution in [2.45, 2.75) is 4.47 Å². The number of hydrogen-bond donors (Lipinski definition) is 0. The van der Waals surface area contributed by atoms with Gasteiger partial charge in [-0.25, -0.2) is 0 Å². The first kappa shape index (κ1) is 6.46. The molecule has 1 heteroatoms. The second-order valence-corrected chi connectivity index (χ2v) is 5.28. The van der Waals surface area contributed by atoms with Crippen LogP contribution in [0.5, 0.6) is 0 Å². The van der Waals surface area contributed by atoms with E-state index in [1.807, 2.05) is 0 Å². The van der Waals surface area contributed by atoms with E-state index in [1.54, 1.807) is 3.61 Å². The first-order valence-corrected chi connectivity index (χ1v) is 6.16. The minimum atomic E-state index is 0.143. The number of benzene rings is 1. The maximum absolute atomic E-state index is 2.30. The molecule has 50 valence electrons. The molecule has 0 aliphatic carbocycles. The molecule has 0 spiro atoms. The van der Waals surface area contributed by atoms with E-state index in [2.05, 4.69) is 36.4 Å². The summed E-state index contributed by atoms with van der Waals surface area (Å²) < 4.78 is 2.96. The van der Waals surface area contributed by atoms with Gasteiger partial charge in [0.05, 0.1) is 0 Å². The zero-order valence-electron chi connectivity index (χ0n) is 5.58. The Hall–Kier alpha value is -0.250. The van der Waals surface area contributed by atoms with Gasteiger partial charge >= 0.3 is 71.0 Å². The van der Waals surface area contributed by atoms with Gasteiger partial charge in [0.2, 0.25) is 0 Å². The topological polar surface area (TPSA) is 0 Å². The van der Waals surface area contributed by atoms with Crippen LogP contribution in [-0.2, 0) is 0 Å². The van der Waals surface area contributed by atoms with Crippen molar-refractivity contribution in [1.82, 2.24) is 0 Å². The molecule has 0 atom stereocenters. The second-order valence-electron chi connectivity index (χ2n) is 2.25. The molecular weight excluding hydrogens is 236 g/mol. The van der Waals surface area contributed by atoms with Crippen molar-refractivity contribution >= 4 is 30.6 Å². The molecule has 0 fully saturated rings. The quantitative estimate of drug-likeness (QED) is 0.606. The van der Waals surface area contributed by atoms with Crippen LogP contribution < -0.4 is 3.61 Å². The third-order valence-electron chi connectivity index (χ3n) is 1.55. The van der Waals surface area contributed by atoms with Gasteiger partial charge in [-0.2, -0.15) is 0 Å². The Balaban J connectivity index is 2.54. The fourth-order valence-corrected chi connectivity index (χ4v) is 3.49. The molecule has 1 aromatic rings. The summed E-state index contributed by atoms with van der Waals surface area (Å²) in [5.41, 5.74) is 1.45. The van der Waals surface area contributed by atoms with Gasteiger partial charge in [0.15, 0.2) is 0 Å². The van der Waals surface area contributed by atoms with Crippen molar-refractivity contribution in [3.05, 3.63) is 35.9 Å². The van der Waals surface area contributed by atoms with Gasteiger partial charge in [-0.05, 0) is 0 Å². The molecule has 0 unspecified atom stereocenters. The van der Waals surface area contributed by atoms with E-state index < -0.39 is 0 Å². The molecule has 0 saturated heterocycles. The molecule has 10 heavy (non-hydrogen) atoms. The number of fused-ring (bicyclic) bond motifs is 1. The summed E-state index contributed by atoms with van der Waals surface area (Å²) in [5.74, 6) is 0. The van der Waals surface area contributed by atoms with Crippen molar-refractivity contribution < 1.29 is 0 Å². The van der Waals surface area contributed by atoms with Crippen LogP contribution in [0.4, 0.5) is 0 Å². The molecule has 0 amide bonds. The van der Waals surface area contributed by atoms with E-state index in [0.29, 0.717) is 0 Å². The Morgan fingerprint density at radius 2 is 2.10 bits per heavy atom. The van der Waals surface area contributed by atoms with Crippen LogP contribution >= 0.6 is 0 Å². The number of allylic oxidation sites excluding steroid dienone is 1. The molecule has 1 aliphatic rings. The second kappa shape index (κ2) is 2.78. The predicted molar refractivity (Wildman–Crippen MR) is 45.7 cm³/mol. The van der Waals surface area contributed by atoms with Gasteiger partial charge in [-0.3, -0.25) is 0 Å². The molecule has 1 aliphatic heterocycles. The van der Waals surface area contributed by atoms with E-state index in [4.69, 9.17) is 0 Å². The van der Waals surface area contributed by atoms with Crippen molar-refractivity contribution in [2.24, 2.45) is 0 Å². The van der Waals surface area contributed by atoms with Crippen LogP contribution in [-0.4, -0.2) is 20.9 Å². The third-order valence-corrected chi connectivity index (χ3v) is 4.53. The van der Waals surface area contributed by atoms with Crippen molar-refractivity contribution in [1.29, 1.82) is 0 Å². The molecule has 0 aromatic heterocycles. The molecular formula is C9H8Te. The summed E-state index contributed by atoms with van der Waals surface area (Å²) in [6.07, 6.45) is 4.54. The third kappa shape index (κ3) is 1.12. The standard InChI is InChI=1S/C9H8Te/c1-2-6-9-8(4-1)5-3-7-10-9/h1-6H,7H2. The van der Waals surface area contributed by atoms with Crippen LogP contribution in [0.25, 0.3) is 6.08 Å². The fraction of sp³-hybridized carbons (Fsp3) is 0.111. The molecule has 0 saturated carbocycles. The van der Waals surface area contributed by atoms with E-state index in [-0.39, 0.29) is 20.9 Å². The predicted octanol–water partition coefficient (Wildman–Crippen LogP) is 1.46. The van der Waals surface area contributed by atoms with E-state index in [9.17, 15) is 0 Å². The van der Waals surface area contributed by atoms with Crippen LogP contribution in [0.15, 0.2) is 30.3 Å². The average Bonchev–Trinajstić information content (AvgIpc) is 2.05. The van der Waals surface area contributed by atoms with Gasteiger partial charge in [-0.15, -0.1) is 0 Å². The summed E-state index contributed by atoms with van der Waals surface area (Å²) in [5, 5.41) is 0. The Morgan fingerprint density at radius 3 is 3.00 bits per heavy atom. The molecule has 1 aromatic carbocycles. The molecule has 1 heterocycles. The van der Waals surface area contributed by atoms with Crippen LogP contribution in [0.3, 0.4) is 0 Å². The first-order valence-electron chi connectivity index (χ1n) is 3.35. The molecule has 0 N–H and O–H groups in total. The zero-order valence-corrected chi connectivity index (χ0v) is 7.91. The Bertz CT molecular complexity index is 263. The fourth-order valence-electron chi connectivity index (χ4n) is 1.06. The Kier molecular flexibility index (Phi) is 1.80. The molecule has 0 nitrogen and oxygen atoms in total. The SMILES string of the molecule is C1=Cc2ccccc2[Te]C1. The van der Waals surface area contributed by atoms with Crippen molar-refractivity contribution in [3.63, 3.8) is 0 Å². The van der Waals surface area contributed by atoms with Crippen LogP contribution in [0.1, 0.15) is 5.56 Å².